The minimum Gasteiger partial charge on any atom is -0.508 e. The molecule has 308 valence electrons. The van der Waals surface area contributed by atoms with Crippen LogP contribution in [0.5, 0.6) is 5.75 Å². The Kier molecular flexibility index (Phi) is 12.4. The summed E-state index contributed by atoms with van der Waals surface area (Å²) in [5, 5.41) is 40.7. The first-order valence-corrected chi connectivity index (χ1v) is 19.5. The van der Waals surface area contributed by atoms with Gasteiger partial charge in [0.1, 0.15) is 23.8 Å². The number of urea groups is 1. The van der Waals surface area contributed by atoms with Gasteiger partial charge in [-0.05, 0) is 46.5 Å². The second kappa shape index (κ2) is 18.0. The second-order valence-corrected chi connectivity index (χ2v) is 14.9. The number of phenols is 1. The molecule has 4 atom stereocenters. The number of carbonyl (C=O) groups is 4. The second-order valence-electron chi connectivity index (χ2n) is 14.9. The Balaban J connectivity index is 1.16. The van der Waals surface area contributed by atoms with Crippen LogP contribution in [0.2, 0.25) is 0 Å². The first-order valence-electron chi connectivity index (χ1n) is 19.5. The third kappa shape index (κ3) is 8.99. The molecule has 0 bridgehead atoms. The highest BCUT2D eigenvalue weighted by Crippen LogP contribution is 2.40. The quantitative estimate of drug-likeness (QED) is 0.103. The SMILES string of the molecule is C=CCN1CC(=O)N2C(CN(Cc3cccc4c3N(C)CC4C(=O)Nc3ccc(NCC(O)CO)nc3)C(=O)[C@@H]2Cc2ccc(O)cc2)N1C(=O)NCc1ccccc1. The van der Waals surface area contributed by atoms with Crippen LogP contribution in [0.15, 0.2) is 104 Å². The number of amides is 5. The lowest BCUT2D eigenvalue weighted by Crippen LogP contribution is -2.76. The maximum Gasteiger partial charge on any atom is 0.334 e. The Hall–Kier alpha value is -6.49. The topological polar surface area (TPSA) is 194 Å². The standard InChI is InChI=1S/C43H49N9O7/c1-3-18-50-26-39(56)51-36(19-28-12-15-32(54)16-13-28)42(58)49(25-38(51)52(50)43(59)46-20-29-8-5-4-6-9-29)23-30-10-7-11-34-35(24-48(2)40(30)34)41(57)47-31-14-17-37(44-21-31)45-22-33(55)27-53/h3-17,21,33,35-36,38,53-55H,1,18-20,22-27H2,2H3,(H,44,45)(H,46,59)(H,47,57)/t33?,35?,36-,38?/m0/s1. The van der Waals surface area contributed by atoms with Gasteiger partial charge in [0.2, 0.25) is 17.7 Å². The van der Waals surface area contributed by atoms with Crippen LogP contribution in [0.1, 0.15) is 28.2 Å². The van der Waals surface area contributed by atoms with Crippen molar-refractivity contribution in [2.75, 3.05) is 61.9 Å². The lowest BCUT2D eigenvalue weighted by atomic mass is 9.96. The number of anilines is 3. The van der Waals surface area contributed by atoms with E-state index in [1.807, 2.05) is 60.5 Å². The molecule has 4 heterocycles. The zero-order valence-corrected chi connectivity index (χ0v) is 32.8. The summed E-state index contributed by atoms with van der Waals surface area (Å²) in [6, 6.07) is 23.7. The fourth-order valence-electron chi connectivity index (χ4n) is 8.02. The van der Waals surface area contributed by atoms with Gasteiger partial charge >= 0.3 is 6.03 Å². The number of nitrogens with one attached hydrogen (secondary N) is 3. The van der Waals surface area contributed by atoms with Crippen molar-refractivity contribution in [2.24, 2.45) is 0 Å². The zero-order valence-electron chi connectivity index (χ0n) is 32.8. The predicted octanol–water partition coefficient (Wildman–Crippen LogP) is 2.46. The number of phenolic OH excluding ortho intramolecular Hbond substituents is 1. The third-order valence-electron chi connectivity index (χ3n) is 10.8. The Labute approximate surface area is 342 Å². The minimum absolute atomic E-state index is 0.0250. The number of pyridine rings is 1. The number of carbonyl (C=O) groups excluding carboxylic acids is 4. The van der Waals surface area contributed by atoms with Gasteiger partial charge in [-0.3, -0.25) is 14.4 Å². The van der Waals surface area contributed by atoms with E-state index in [-0.39, 0.29) is 75.8 Å². The molecular weight excluding hydrogens is 755 g/mol. The van der Waals surface area contributed by atoms with Crippen molar-refractivity contribution in [3.8, 4) is 5.75 Å². The van der Waals surface area contributed by atoms with E-state index in [1.165, 1.54) is 28.2 Å². The lowest BCUT2D eigenvalue weighted by Gasteiger charge is -2.55. The van der Waals surface area contributed by atoms with Gasteiger partial charge in [-0.1, -0.05) is 66.7 Å². The van der Waals surface area contributed by atoms with E-state index in [0.717, 1.165) is 27.9 Å². The summed E-state index contributed by atoms with van der Waals surface area (Å²) < 4.78 is 0. The number of aliphatic hydroxyl groups excluding tert-OH is 2. The van der Waals surface area contributed by atoms with Crippen molar-refractivity contribution < 1.29 is 34.5 Å². The Morgan fingerprint density at radius 3 is 2.47 bits per heavy atom. The molecule has 3 unspecified atom stereocenters. The van der Waals surface area contributed by atoms with Crippen LogP contribution in [0.25, 0.3) is 0 Å². The van der Waals surface area contributed by atoms with Gasteiger partial charge in [-0.15, -0.1) is 6.58 Å². The van der Waals surface area contributed by atoms with E-state index >= 15 is 0 Å². The highest BCUT2D eigenvalue weighted by atomic mass is 16.3. The molecule has 6 N–H and O–H groups in total. The molecule has 0 aliphatic carbocycles. The van der Waals surface area contributed by atoms with Crippen LogP contribution in [-0.2, 0) is 33.9 Å². The van der Waals surface area contributed by atoms with Crippen LogP contribution in [0.4, 0.5) is 22.0 Å². The molecule has 0 spiro atoms. The molecule has 5 amide bonds. The molecule has 2 fully saturated rings. The van der Waals surface area contributed by atoms with E-state index in [2.05, 4.69) is 27.5 Å². The summed E-state index contributed by atoms with van der Waals surface area (Å²) in [7, 11) is 1.90. The van der Waals surface area contributed by atoms with Gasteiger partial charge < -0.3 is 46.0 Å². The van der Waals surface area contributed by atoms with E-state index in [0.29, 0.717) is 18.1 Å². The number of hydrazine groups is 1. The number of hydrogen-bond acceptors (Lipinski definition) is 11. The lowest BCUT2D eigenvalue weighted by molar-refractivity contribution is -0.189. The van der Waals surface area contributed by atoms with Crippen LogP contribution >= 0.6 is 0 Å². The number of piperazine rings is 1. The summed E-state index contributed by atoms with van der Waals surface area (Å²) in [6.45, 7) is 4.52. The average Bonchev–Trinajstić information content (AvgIpc) is 3.59. The summed E-state index contributed by atoms with van der Waals surface area (Å²) in [4.78, 5) is 66.2. The molecule has 16 heteroatoms. The van der Waals surface area contributed by atoms with Gasteiger partial charge in [0, 0.05) is 51.9 Å². The van der Waals surface area contributed by atoms with E-state index in [1.54, 1.807) is 40.3 Å². The molecule has 1 aromatic heterocycles. The van der Waals surface area contributed by atoms with Gasteiger partial charge in [0.25, 0.3) is 0 Å². The van der Waals surface area contributed by atoms with Gasteiger partial charge in [-0.2, -0.15) is 0 Å². The molecule has 4 aromatic rings. The summed E-state index contributed by atoms with van der Waals surface area (Å²) in [5.74, 6) is -0.788. The summed E-state index contributed by atoms with van der Waals surface area (Å²) >= 11 is 0. The fraction of sp³-hybridized carbons (Fsp3) is 0.326. The Morgan fingerprint density at radius 2 is 1.76 bits per heavy atom. The fourth-order valence-corrected chi connectivity index (χ4v) is 8.02. The molecule has 0 saturated carbocycles. The minimum atomic E-state index is -0.955. The molecule has 16 nitrogen and oxygen atoms in total. The Bertz CT molecular complexity index is 2160. The largest absolute Gasteiger partial charge is 0.508 e. The number of hydrogen-bond donors (Lipinski definition) is 6. The van der Waals surface area contributed by atoms with Gasteiger partial charge in [0.15, 0.2) is 0 Å². The number of aromatic hydroxyl groups is 1. The van der Waals surface area contributed by atoms with Gasteiger partial charge in [0.05, 0.1) is 43.6 Å². The number of fused-ring (bicyclic) bond motifs is 2. The first kappa shape index (κ1) is 40.7. The predicted molar refractivity (Wildman–Crippen MR) is 221 cm³/mol. The van der Waals surface area contributed by atoms with Gasteiger partial charge in [-0.25, -0.2) is 19.8 Å². The van der Waals surface area contributed by atoms with Crippen molar-refractivity contribution in [1.82, 2.24) is 30.1 Å². The molecule has 7 rings (SSSR count). The molecule has 3 aliphatic heterocycles. The third-order valence-corrected chi connectivity index (χ3v) is 10.8. The maximum absolute atomic E-state index is 14.7. The van der Waals surface area contributed by atoms with E-state index < -0.39 is 30.3 Å². The van der Waals surface area contributed by atoms with E-state index in [4.69, 9.17) is 5.11 Å². The normalized spacial score (nSPS) is 19.5. The maximum atomic E-state index is 14.7. The van der Waals surface area contributed by atoms with Crippen molar-refractivity contribution in [3.63, 3.8) is 0 Å². The average molecular weight is 804 g/mol. The number of rotatable bonds is 14. The first-order chi connectivity index (χ1) is 28.5. The van der Waals surface area contributed by atoms with E-state index in [9.17, 15) is 29.4 Å². The van der Waals surface area contributed by atoms with Crippen molar-refractivity contribution >= 4 is 40.9 Å². The van der Waals surface area contributed by atoms with Crippen LogP contribution < -0.4 is 20.9 Å². The van der Waals surface area contributed by atoms with Crippen molar-refractivity contribution in [3.05, 3.63) is 126 Å². The van der Waals surface area contributed by atoms with Crippen molar-refractivity contribution in [1.29, 1.82) is 0 Å². The monoisotopic (exact) mass is 803 g/mol. The molecular formula is C43H49N9O7. The number of likely N-dealkylation sites (N-methyl/N-ethyl adjacent to an activating group) is 1. The zero-order chi connectivity index (χ0) is 41.6. The molecule has 3 aliphatic rings. The highest BCUT2D eigenvalue weighted by molar-refractivity contribution is 5.99. The highest BCUT2D eigenvalue weighted by Gasteiger charge is 2.51. The smallest absolute Gasteiger partial charge is 0.334 e. The number of nitrogens with zero attached hydrogens (tertiary/aromatic N) is 6. The molecule has 3 aromatic carbocycles. The number of aromatic nitrogens is 1. The number of aliphatic hydroxyl groups is 2. The number of para-hydroxylation sites is 1. The van der Waals surface area contributed by atoms with Crippen molar-refractivity contribution in [2.45, 2.75) is 43.7 Å². The van der Waals surface area contributed by atoms with Crippen LogP contribution in [0.3, 0.4) is 0 Å². The summed E-state index contributed by atoms with van der Waals surface area (Å²) in [6.07, 6.45) is 1.52. The molecule has 0 radical (unpaired) electrons. The molecule has 2 saturated heterocycles. The summed E-state index contributed by atoms with van der Waals surface area (Å²) in [5.41, 5.74) is 4.55. The number of benzene rings is 3. The van der Waals surface area contributed by atoms with Crippen LogP contribution in [0, 0.1) is 0 Å². The Morgan fingerprint density at radius 1 is 0.983 bits per heavy atom. The molecule has 59 heavy (non-hydrogen) atoms. The van der Waals surface area contributed by atoms with Crippen LogP contribution in [-0.4, -0.2) is 129 Å².